The van der Waals surface area contributed by atoms with Gasteiger partial charge in [0.15, 0.2) is 5.82 Å². The van der Waals surface area contributed by atoms with Gasteiger partial charge in [-0.25, -0.2) is 14.8 Å². The van der Waals surface area contributed by atoms with Crippen molar-refractivity contribution in [2.45, 2.75) is 44.9 Å². The Morgan fingerprint density at radius 3 is 2.75 bits per heavy atom. The van der Waals surface area contributed by atoms with Gasteiger partial charge in [-0.2, -0.15) is 4.98 Å². The van der Waals surface area contributed by atoms with Crippen LogP contribution >= 0.6 is 0 Å². The number of anilines is 1. The Balaban J connectivity index is 1.44. The summed E-state index contributed by atoms with van der Waals surface area (Å²) in [6.45, 7) is 4.92. The van der Waals surface area contributed by atoms with Crippen LogP contribution in [0.3, 0.4) is 0 Å². The average molecular weight is 328 g/mol. The van der Waals surface area contributed by atoms with Crippen LogP contribution < -0.4 is 5.32 Å². The summed E-state index contributed by atoms with van der Waals surface area (Å²) in [6, 6.07) is -0.122. The van der Waals surface area contributed by atoms with Gasteiger partial charge in [-0.05, 0) is 33.1 Å². The van der Waals surface area contributed by atoms with Crippen LogP contribution in [0.5, 0.6) is 0 Å². The first kappa shape index (κ1) is 15.0. The Morgan fingerprint density at radius 1 is 1.21 bits per heavy atom. The predicted molar refractivity (Wildman–Crippen MR) is 85.7 cm³/mol. The van der Waals surface area contributed by atoms with E-state index < -0.39 is 0 Å². The normalized spacial score (nSPS) is 20.4. The van der Waals surface area contributed by atoms with Gasteiger partial charge in [0.05, 0.1) is 23.5 Å². The smallest absolute Gasteiger partial charge is 0.321 e. The highest BCUT2D eigenvalue weighted by molar-refractivity contribution is 5.90. The van der Waals surface area contributed by atoms with Gasteiger partial charge >= 0.3 is 6.03 Å². The molecular formula is C16H20N6O2. The SMILES string of the molecule is Cc1noc(C2CCN(C(=O)Nc3cnc(C)nc3C3CC3)C2)n1. The summed E-state index contributed by atoms with van der Waals surface area (Å²) in [5.41, 5.74) is 1.68. The number of likely N-dealkylation sites (tertiary alicyclic amines) is 1. The monoisotopic (exact) mass is 328 g/mol. The summed E-state index contributed by atoms with van der Waals surface area (Å²) in [5.74, 6) is 2.53. The van der Waals surface area contributed by atoms with Crippen molar-refractivity contribution in [2.75, 3.05) is 18.4 Å². The van der Waals surface area contributed by atoms with Crippen molar-refractivity contribution >= 4 is 11.7 Å². The second-order valence-corrected chi connectivity index (χ2v) is 6.53. The Morgan fingerprint density at radius 2 is 2.04 bits per heavy atom. The van der Waals surface area contributed by atoms with Gasteiger partial charge in [0.2, 0.25) is 5.89 Å². The highest BCUT2D eigenvalue weighted by Crippen LogP contribution is 2.42. The zero-order valence-electron chi connectivity index (χ0n) is 13.8. The lowest BCUT2D eigenvalue weighted by Gasteiger charge is -2.18. The van der Waals surface area contributed by atoms with E-state index in [0.717, 1.165) is 36.5 Å². The summed E-state index contributed by atoms with van der Waals surface area (Å²) in [5, 5.41) is 6.80. The lowest BCUT2D eigenvalue weighted by Crippen LogP contribution is -2.33. The molecule has 0 aromatic carbocycles. The molecule has 2 fully saturated rings. The number of amides is 2. The molecule has 0 radical (unpaired) electrons. The van der Waals surface area contributed by atoms with Crippen molar-refractivity contribution in [3.8, 4) is 0 Å². The summed E-state index contributed by atoms with van der Waals surface area (Å²) < 4.78 is 5.23. The molecule has 2 aliphatic rings. The zero-order chi connectivity index (χ0) is 16.7. The minimum absolute atomic E-state index is 0.106. The Kier molecular flexibility index (Phi) is 3.66. The maximum atomic E-state index is 12.6. The van der Waals surface area contributed by atoms with Crippen molar-refractivity contribution in [1.29, 1.82) is 0 Å². The summed E-state index contributed by atoms with van der Waals surface area (Å²) in [6.07, 6.45) is 4.79. The molecule has 1 aliphatic heterocycles. The maximum Gasteiger partial charge on any atom is 0.321 e. The van der Waals surface area contributed by atoms with Crippen LogP contribution in [0.2, 0.25) is 0 Å². The molecule has 3 heterocycles. The van der Waals surface area contributed by atoms with Gasteiger partial charge in [-0.15, -0.1) is 0 Å². The van der Waals surface area contributed by atoms with E-state index in [1.807, 2.05) is 6.92 Å². The fourth-order valence-corrected chi connectivity index (χ4v) is 3.07. The highest BCUT2D eigenvalue weighted by atomic mass is 16.5. The minimum Gasteiger partial charge on any atom is -0.339 e. The molecule has 126 valence electrons. The number of aryl methyl sites for hydroxylation is 2. The van der Waals surface area contributed by atoms with Crippen LogP contribution in [-0.4, -0.2) is 44.1 Å². The predicted octanol–water partition coefficient (Wildman–Crippen LogP) is 2.38. The van der Waals surface area contributed by atoms with Crippen LogP contribution in [0.1, 0.15) is 54.3 Å². The molecule has 1 saturated heterocycles. The van der Waals surface area contributed by atoms with Crippen LogP contribution in [-0.2, 0) is 0 Å². The van der Waals surface area contributed by atoms with E-state index in [9.17, 15) is 4.79 Å². The molecular weight excluding hydrogens is 308 g/mol. The number of urea groups is 1. The molecule has 1 aliphatic carbocycles. The van der Waals surface area contributed by atoms with E-state index in [4.69, 9.17) is 4.52 Å². The van der Waals surface area contributed by atoms with Crippen molar-refractivity contribution in [2.24, 2.45) is 0 Å². The number of carbonyl (C=O) groups excluding carboxylic acids is 1. The molecule has 2 amide bonds. The van der Waals surface area contributed by atoms with Crippen LogP contribution in [0.25, 0.3) is 0 Å². The van der Waals surface area contributed by atoms with Crippen molar-refractivity contribution in [3.05, 3.63) is 29.4 Å². The Bertz CT molecular complexity index is 770. The average Bonchev–Trinajstić information content (AvgIpc) is 3.12. The van der Waals surface area contributed by atoms with Crippen LogP contribution in [0, 0.1) is 13.8 Å². The quantitative estimate of drug-likeness (QED) is 0.929. The van der Waals surface area contributed by atoms with E-state index in [1.165, 1.54) is 0 Å². The summed E-state index contributed by atoms with van der Waals surface area (Å²) in [7, 11) is 0. The van der Waals surface area contributed by atoms with E-state index in [2.05, 4.69) is 25.4 Å². The van der Waals surface area contributed by atoms with Gasteiger partial charge < -0.3 is 14.7 Å². The molecule has 1 atom stereocenters. The van der Waals surface area contributed by atoms with Gasteiger partial charge in [-0.3, -0.25) is 0 Å². The van der Waals surface area contributed by atoms with Gasteiger partial charge in [-0.1, -0.05) is 5.16 Å². The molecule has 1 N–H and O–H groups in total. The summed E-state index contributed by atoms with van der Waals surface area (Å²) >= 11 is 0. The van der Waals surface area contributed by atoms with Crippen molar-refractivity contribution < 1.29 is 9.32 Å². The molecule has 8 heteroatoms. The first-order valence-electron chi connectivity index (χ1n) is 8.30. The third kappa shape index (κ3) is 2.95. The number of hydrogen-bond donors (Lipinski definition) is 1. The Hall–Kier alpha value is -2.51. The molecule has 0 bridgehead atoms. The van der Waals surface area contributed by atoms with Crippen LogP contribution in [0.15, 0.2) is 10.7 Å². The molecule has 2 aromatic rings. The first-order valence-corrected chi connectivity index (χ1v) is 8.30. The molecule has 8 nitrogen and oxygen atoms in total. The topological polar surface area (TPSA) is 97.0 Å². The second kappa shape index (κ2) is 5.85. The molecule has 24 heavy (non-hydrogen) atoms. The fraction of sp³-hybridized carbons (Fsp3) is 0.562. The van der Waals surface area contributed by atoms with Crippen LogP contribution in [0.4, 0.5) is 10.5 Å². The van der Waals surface area contributed by atoms with Gasteiger partial charge in [0.25, 0.3) is 0 Å². The number of aromatic nitrogens is 4. The lowest BCUT2D eigenvalue weighted by molar-refractivity contribution is 0.221. The zero-order valence-corrected chi connectivity index (χ0v) is 13.8. The number of nitrogens with zero attached hydrogens (tertiary/aromatic N) is 5. The molecule has 4 rings (SSSR count). The standard InChI is InChI=1S/C16H20N6O2/c1-9-17-7-13(14(18-9)11-3-4-11)20-16(23)22-6-5-12(8-22)15-19-10(2)21-24-15/h7,11-12H,3-6,8H2,1-2H3,(H,20,23). The molecule has 1 saturated carbocycles. The second-order valence-electron chi connectivity index (χ2n) is 6.53. The third-order valence-corrected chi connectivity index (χ3v) is 4.51. The fourth-order valence-electron chi connectivity index (χ4n) is 3.07. The molecule has 2 aromatic heterocycles. The number of rotatable bonds is 3. The van der Waals surface area contributed by atoms with E-state index in [-0.39, 0.29) is 11.9 Å². The summed E-state index contributed by atoms with van der Waals surface area (Å²) in [4.78, 5) is 27.3. The number of carbonyl (C=O) groups is 1. The largest absolute Gasteiger partial charge is 0.339 e. The molecule has 0 spiro atoms. The highest BCUT2D eigenvalue weighted by Gasteiger charge is 2.33. The molecule has 1 unspecified atom stereocenters. The first-order chi connectivity index (χ1) is 11.6. The van der Waals surface area contributed by atoms with E-state index >= 15 is 0 Å². The van der Waals surface area contributed by atoms with Crippen molar-refractivity contribution in [3.63, 3.8) is 0 Å². The van der Waals surface area contributed by atoms with Gasteiger partial charge in [0.1, 0.15) is 5.82 Å². The number of hydrogen-bond acceptors (Lipinski definition) is 6. The van der Waals surface area contributed by atoms with Gasteiger partial charge in [0, 0.05) is 19.0 Å². The van der Waals surface area contributed by atoms with Crippen molar-refractivity contribution in [1.82, 2.24) is 25.0 Å². The third-order valence-electron chi connectivity index (χ3n) is 4.51. The van der Waals surface area contributed by atoms with E-state index in [1.54, 1.807) is 18.0 Å². The Labute approximate surface area is 139 Å². The number of nitrogens with one attached hydrogen (secondary N) is 1. The maximum absolute atomic E-state index is 12.6. The lowest BCUT2D eigenvalue weighted by atomic mass is 10.1. The van der Waals surface area contributed by atoms with E-state index in [0.29, 0.717) is 30.7 Å². The minimum atomic E-state index is -0.122.